The van der Waals surface area contributed by atoms with Crippen molar-refractivity contribution in [3.05, 3.63) is 41.5 Å². The van der Waals surface area contributed by atoms with Crippen LogP contribution >= 0.6 is 0 Å². The highest BCUT2D eigenvalue weighted by molar-refractivity contribution is 5.90. The zero-order chi connectivity index (χ0) is 19.1. The summed E-state index contributed by atoms with van der Waals surface area (Å²) in [5.41, 5.74) is 1.55. The zero-order valence-corrected chi connectivity index (χ0v) is 15.9. The first-order valence-electron chi connectivity index (χ1n) is 9.60. The van der Waals surface area contributed by atoms with Crippen molar-refractivity contribution in [3.63, 3.8) is 0 Å². The molecule has 6 heteroatoms. The second-order valence-electron chi connectivity index (χ2n) is 7.08. The molecule has 0 bridgehead atoms. The van der Waals surface area contributed by atoms with Crippen molar-refractivity contribution in [1.29, 1.82) is 0 Å². The Balaban J connectivity index is 1.47. The van der Waals surface area contributed by atoms with Gasteiger partial charge in [-0.2, -0.15) is 0 Å². The van der Waals surface area contributed by atoms with Crippen molar-refractivity contribution in [3.8, 4) is 0 Å². The Hall–Kier alpha value is -2.18. The van der Waals surface area contributed by atoms with E-state index in [0.29, 0.717) is 18.0 Å². The first-order chi connectivity index (χ1) is 13.2. The number of piperidine rings is 1. The van der Waals surface area contributed by atoms with Gasteiger partial charge in [0.15, 0.2) is 0 Å². The number of nitrogens with zero attached hydrogens (tertiary/aromatic N) is 2. The third-order valence-electron chi connectivity index (χ3n) is 5.22. The van der Waals surface area contributed by atoms with Gasteiger partial charge in [-0.25, -0.2) is 4.79 Å². The van der Waals surface area contributed by atoms with E-state index in [1.807, 2.05) is 23.1 Å². The number of morpholine rings is 1. The van der Waals surface area contributed by atoms with Crippen LogP contribution in [0.1, 0.15) is 28.8 Å². The average molecular weight is 372 g/mol. The molecular formula is C21H28N2O4. The molecular weight excluding hydrogens is 344 g/mol. The maximum atomic E-state index is 12.5. The predicted molar refractivity (Wildman–Crippen MR) is 103 cm³/mol. The summed E-state index contributed by atoms with van der Waals surface area (Å²) in [6, 6.07) is 7.42. The molecule has 2 heterocycles. The first kappa shape index (κ1) is 19.6. The van der Waals surface area contributed by atoms with E-state index in [4.69, 9.17) is 9.47 Å². The summed E-state index contributed by atoms with van der Waals surface area (Å²) in [5.74, 6) is 0.363. The van der Waals surface area contributed by atoms with Crippen LogP contribution in [-0.2, 0) is 14.3 Å². The van der Waals surface area contributed by atoms with Crippen LogP contribution in [0, 0.1) is 5.92 Å². The fourth-order valence-corrected chi connectivity index (χ4v) is 3.53. The number of likely N-dealkylation sites (tertiary alicyclic amines) is 1. The SMILES string of the molecule is COC(=O)c1cccc(/C=C\C2CCN(C(=O)CN3CCOCC3)CC2)c1. The number of carbonyl (C=O) groups is 2. The van der Waals surface area contributed by atoms with E-state index in [2.05, 4.69) is 17.1 Å². The van der Waals surface area contributed by atoms with Crippen LogP contribution in [-0.4, -0.2) is 74.7 Å². The van der Waals surface area contributed by atoms with Gasteiger partial charge in [-0.1, -0.05) is 24.3 Å². The molecule has 1 aromatic carbocycles. The fraction of sp³-hybridized carbons (Fsp3) is 0.524. The maximum absolute atomic E-state index is 12.5. The highest BCUT2D eigenvalue weighted by atomic mass is 16.5. The zero-order valence-electron chi connectivity index (χ0n) is 15.9. The second kappa shape index (κ2) is 9.67. The lowest BCUT2D eigenvalue weighted by Crippen LogP contribution is -2.46. The van der Waals surface area contributed by atoms with E-state index in [0.717, 1.165) is 57.8 Å². The van der Waals surface area contributed by atoms with Gasteiger partial charge in [0, 0.05) is 26.2 Å². The van der Waals surface area contributed by atoms with E-state index in [1.54, 1.807) is 6.07 Å². The number of methoxy groups -OCH3 is 1. The van der Waals surface area contributed by atoms with E-state index in [1.165, 1.54) is 7.11 Å². The lowest BCUT2D eigenvalue weighted by atomic mass is 9.95. The number of hydrogen-bond donors (Lipinski definition) is 0. The number of amides is 1. The average Bonchev–Trinajstić information content (AvgIpc) is 2.73. The molecule has 3 rings (SSSR count). The number of benzene rings is 1. The number of hydrogen-bond acceptors (Lipinski definition) is 5. The Bertz CT molecular complexity index is 675. The topological polar surface area (TPSA) is 59.1 Å². The van der Waals surface area contributed by atoms with Crippen LogP contribution < -0.4 is 0 Å². The molecule has 0 N–H and O–H groups in total. The quantitative estimate of drug-likeness (QED) is 0.741. The number of esters is 1. The molecule has 2 saturated heterocycles. The number of rotatable bonds is 5. The number of carbonyl (C=O) groups excluding carboxylic acids is 2. The molecule has 6 nitrogen and oxygen atoms in total. The van der Waals surface area contributed by atoms with Crippen molar-refractivity contribution < 1.29 is 19.1 Å². The van der Waals surface area contributed by atoms with Gasteiger partial charge >= 0.3 is 5.97 Å². The highest BCUT2D eigenvalue weighted by Gasteiger charge is 2.23. The summed E-state index contributed by atoms with van der Waals surface area (Å²) >= 11 is 0. The molecule has 1 amide bonds. The van der Waals surface area contributed by atoms with Gasteiger partial charge in [0.25, 0.3) is 0 Å². The lowest BCUT2D eigenvalue weighted by molar-refractivity contribution is -0.134. The molecule has 0 radical (unpaired) electrons. The molecule has 0 unspecified atom stereocenters. The molecule has 1 aromatic rings. The van der Waals surface area contributed by atoms with Crippen LogP contribution in [0.5, 0.6) is 0 Å². The summed E-state index contributed by atoms with van der Waals surface area (Å²) in [4.78, 5) is 28.2. The highest BCUT2D eigenvalue weighted by Crippen LogP contribution is 2.20. The van der Waals surface area contributed by atoms with Crippen molar-refractivity contribution in [1.82, 2.24) is 9.80 Å². The molecule has 0 aromatic heterocycles. The Morgan fingerprint density at radius 3 is 2.63 bits per heavy atom. The molecule has 2 fully saturated rings. The minimum Gasteiger partial charge on any atom is -0.465 e. The lowest BCUT2D eigenvalue weighted by Gasteiger charge is -2.33. The van der Waals surface area contributed by atoms with Crippen LogP contribution in [0.3, 0.4) is 0 Å². The van der Waals surface area contributed by atoms with Crippen LogP contribution in [0.25, 0.3) is 6.08 Å². The van der Waals surface area contributed by atoms with Gasteiger partial charge in [0.1, 0.15) is 0 Å². The van der Waals surface area contributed by atoms with E-state index < -0.39 is 0 Å². The second-order valence-corrected chi connectivity index (χ2v) is 7.08. The number of allylic oxidation sites excluding steroid dienone is 1. The van der Waals surface area contributed by atoms with Crippen molar-refractivity contribution in [2.45, 2.75) is 12.8 Å². The van der Waals surface area contributed by atoms with Gasteiger partial charge in [-0.3, -0.25) is 9.69 Å². The Morgan fingerprint density at radius 2 is 1.93 bits per heavy atom. The Morgan fingerprint density at radius 1 is 1.19 bits per heavy atom. The van der Waals surface area contributed by atoms with E-state index in [-0.39, 0.29) is 11.9 Å². The van der Waals surface area contributed by atoms with Crippen LogP contribution in [0.15, 0.2) is 30.3 Å². The molecule has 2 aliphatic rings. The van der Waals surface area contributed by atoms with Gasteiger partial charge in [0.05, 0.1) is 32.4 Å². The van der Waals surface area contributed by atoms with Gasteiger partial charge in [-0.15, -0.1) is 0 Å². The molecule has 146 valence electrons. The third kappa shape index (κ3) is 5.65. The Kier molecular flexibility index (Phi) is 7.01. The standard InChI is InChI=1S/C21H28N2O4/c1-26-21(25)19-4-2-3-18(15-19)6-5-17-7-9-23(10-8-17)20(24)16-22-11-13-27-14-12-22/h2-6,15,17H,7-14,16H2,1H3/b6-5-. The van der Waals surface area contributed by atoms with Crippen molar-refractivity contribution in [2.24, 2.45) is 5.92 Å². The molecule has 0 spiro atoms. The predicted octanol–water partition coefficient (Wildman–Crippen LogP) is 2.06. The molecule has 0 atom stereocenters. The monoisotopic (exact) mass is 372 g/mol. The van der Waals surface area contributed by atoms with Crippen LogP contribution in [0.4, 0.5) is 0 Å². The first-order valence-corrected chi connectivity index (χ1v) is 9.60. The van der Waals surface area contributed by atoms with Gasteiger partial charge in [-0.05, 0) is 36.5 Å². The molecule has 0 aliphatic carbocycles. The summed E-state index contributed by atoms with van der Waals surface area (Å²) in [6.07, 6.45) is 6.20. The number of ether oxygens (including phenoxy) is 2. The third-order valence-corrected chi connectivity index (χ3v) is 5.22. The summed E-state index contributed by atoms with van der Waals surface area (Å²) < 4.78 is 10.1. The van der Waals surface area contributed by atoms with Crippen LogP contribution in [0.2, 0.25) is 0 Å². The largest absolute Gasteiger partial charge is 0.465 e. The minimum atomic E-state index is -0.322. The smallest absolute Gasteiger partial charge is 0.337 e. The summed E-state index contributed by atoms with van der Waals surface area (Å²) in [5, 5.41) is 0. The van der Waals surface area contributed by atoms with Crippen molar-refractivity contribution >= 4 is 18.0 Å². The van der Waals surface area contributed by atoms with E-state index in [9.17, 15) is 9.59 Å². The Labute approximate surface area is 160 Å². The van der Waals surface area contributed by atoms with Crippen molar-refractivity contribution in [2.75, 3.05) is 53.0 Å². The van der Waals surface area contributed by atoms with E-state index >= 15 is 0 Å². The molecule has 0 saturated carbocycles. The fourth-order valence-electron chi connectivity index (χ4n) is 3.53. The summed E-state index contributed by atoms with van der Waals surface area (Å²) in [6.45, 7) is 5.24. The molecule has 2 aliphatic heterocycles. The molecule has 27 heavy (non-hydrogen) atoms. The maximum Gasteiger partial charge on any atom is 0.337 e. The minimum absolute atomic E-state index is 0.227. The summed E-state index contributed by atoms with van der Waals surface area (Å²) in [7, 11) is 1.39. The normalized spacial score (nSPS) is 19.4. The van der Waals surface area contributed by atoms with Gasteiger partial charge in [0.2, 0.25) is 5.91 Å². The van der Waals surface area contributed by atoms with Gasteiger partial charge < -0.3 is 14.4 Å².